The highest BCUT2D eigenvalue weighted by Crippen LogP contribution is 2.72. The molecule has 0 aromatic rings. The number of Topliss-reactive ketones (excluding diaryl/α,β-unsaturated/α-hetero) is 2. The summed E-state index contributed by atoms with van der Waals surface area (Å²) in [6.07, 6.45) is 14.1. The molecule has 6 saturated carbocycles. The molecule has 8 fully saturated rings. The van der Waals surface area contributed by atoms with Gasteiger partial charge in [-0.1, -0.05) is 51.0 Å². The van der Waals surface area contributed by atoms with Gasteiger partial charge in [0, 0.05) is 33.5 Å². The van der Waals surface area contributed by atoms with Crippen molar-refractivity contribution in [1.82, 2.24) is 0 Å². The quantitative estimate of drug-likeness (QED) is 0.308. The van der Waals surface area contributed by atoms with E-state index in [1.54, 1.807) is 52.0 Å². The van der Waals surface area contributed by atoms with Gasteiger partial charge in [0.05, 0.1) is 24.4 Å². The Balaban J connectivity index is 0.000000154. The highest BCUT2D eigenvalue weighted by molar-refractivity contribution is 6.01. The lowest BCUT2D eigenvalue weighted by Crippen LogP contribution is -2.63. The molecule has 12 heteroatoms. The molecular weight excluding hydrogens is 769 g/mol. The van der Waals surface area contributed by atoms with Crippen molar-refractivity contribution in [3.8, 4) is 0 Å². The van der Waals surface area contributed by atoms with E-state index in [0.717, 1.165) is 36.8 Å². The number of carbonyl (C=O) groups excluding carboxylic acids is 4. The smallest absolute Gasteiger partial charge is 0.193 e. The van der Waals surface area contributed by atoms with Gasteiger partial charge in [-0.15, -0.1) is 0 Å². The molecule has 0 bridgehead atoms. The van der Waals surface area contributed by atoms with Crippen LogP contribution in [0.15, 0.2) is 47.6 Å². The first-order valence-electron chi connectivity index (χ1n) is 22.3. The largest absolute Gasteiger partial charge is 0.393 e. The second-order valence-electron chi connectivity index (χ2n) is 21.7. The molecule has 10 aliphatic rings. The van der Waals surface area contributed by atoms with E-state index in [2.05, 4.69) is 13.8 Å². The van der Waals surface area contributed by atoms with Crippen LogP contribution in [0.3, 0.4) is 0 Å². The predicted molar refractivity (Wildman–Crippen MR) is 216 cm³/mol. The predicted octanol–water partition coefficient (Wildman–Crippen LogP) is 4.65. The van der Waals surface area contributed by atoms with Crippen molar-refractivity contribution in [2.75, 3.05) is 13.2 Å². The van der Waals surface area contributed by atoms with Crippen LogP contribution in [0.25, 0.3) is 0 Å². The number of aliphatic hydroxyl groups excluding tert-OH is 4. The average molecular weight is 833 g/mol. The SMILES string of the molecule is CC1(C)O[C@@H]2C[C@H]3[C@@H]4CCC5=CC(=O)C=C[C@]5(C)[C@H]4[C@@H](O)C[C@]3(C)[C@]2(C(=O)CO)O1.CC1(C)O[C@@H]2C[C@H]3[C@@H]4CCC5=CC(=O)C=C[C@]5(C)[C@H]4[C@@H](O)C[C@]3(C)[C@]2(C(=O)CO)O1. The maximum Gasteiger partial charge on any atom is 0.193 e. The van der Waals surface area contributed by atoms with Gasteiger partial charge in [0.15, 0.2) is 45.9 Å². The fourth-order valence-corrected chi connectivity index (χ4v) is 16.1. The minimum atomic E-state index is -1.24. The number of fused-ring (bicyclic) bond motifs is 14. The molecule has 0 aromatic carbocycles. The van der Waals surface area contributed by atoms with Crippen LogP contribution in [0.1, 0.15) is 107 Å². The van der Waals surface area contributed by atoms with Crippen LogP contribution in [0.2, 0.25) is 0 Å². The van der Waals surface area contributed by atoms with Gasteiger partial charge in [0.25, 0.3) is 0 Å². The lowest BCUT2D eigenvalue weighted by Gasteiger charge is -2.59. The minimum absolute atomic E-state index is 0.0167. The lowest BCUT2D eigenvalue weighted by atomic mass is 9.46. The second-order valence-corrected chi connectivity index (χ2v) is 21.7. The lowest BCUT2D eigenvalue weighted by molar-refractivity contribution is -0.225. The number of hydrogen-bond acceptors (Lipinski definition) is 12. The molecule has 0 aromatic heterocycles. The van der Waals surface area contributed by atoms with Crippen molar-refractivity contribution in [2.45, 2.75) is 154 Å². The molecule has 2 aliphatic heterocycles. The molecule has 16 atom stereocenters. The van der Waals surface area contributed by atoms with Gasteiger partial charge in [0.2, 0.25) is 0 Å². The van der Waals surface area contributed by atoms with Crippen LogP contribution in [0.4, 0.5) is 0 Å². The van der Waals surface area contributed by atoms with E-state index in [0.29, 0.717) is 25.7 Å². The first-order valence-corrected chi connectivity index (χ1v) is 22.3. The fraction of sp³-hybridized carbons (Fsp3) is 0.750. The molecule has 0 unspecified atom stereocenters. The summed E-state index contributed by atoms with van der Waals surface area (Å²) in [5.74, 6) is -1.89. The highest BCUT2D eigenvalue weighted by atomic mass is 16.8. The maximum atomic E-state index is 13.2. The summed E-state index contributed by atoms with van der Waals surface area (Å²) >= 11 is 0. The summed E-state index contributed by atoms with van der Waals surface area (Å²) in [7, 11) is 0. The van der Waals surface area contributed by atoms with E-state index in [9.17, 15) is 39.6 Å². The van der Waals surface area contributed by atoms with Crippen molar-refractivity contribution in [3.63, 3.8) is 0 Å². The summed E-state index contributed by atoms with van der Waals surface area (Å²) < 4.78 is 25.1. The Bertz CT molecular complexity index is 1890. The Morgan fingerprint density at radius 3 is 1.35 bits per heavy atom. The summed E-state index contributed by atoms with van der Waals surface area (Å²) in [5, 5.41) is 42.6. The van der Waals surface area contributed by atoms with E-state index in [4.69, 9.17) is 18.9 Å². The Hall–Kier alpha value is -2.68. The number of carbonyl (C=O) groups is 4. The monoisotopic (exact) mass is 832 g/mol. The number of ketones is 4. The van der Waals surface area contributed by atoms with Crippen molar-refractivity contribution in [1.29, 1.82) is 0 Å². The zero-order valence-corrected chi connectivity index (χ0v) is 36.4. The Kier molecular flexibility index (Phi) is 9.53. The van der Waals surface area contributed by atoms with Crippen molar-refractivity contribution in [2.24, 2.45) is 57.2 Å². The number of allylic oxidation sites excluding steroid dienone is 8. The van der Waals surface area contributed by atoms with Gasteiger partial charge in [-0.25, -0.2) is 0 Å². The van der Waals surface area contributed by atoms with E-state index in [1.165, 1.54) is 0 Å². The van der Waals surface area contributed by atoms with Crippen LogP contribution in [-0.4, -0.2) is 104 Å². The molecule has 10 rings (SSSR count). The third-order valence-corrected chi connectivity index (χ3v) is 18.1. The first kappa shape index (κ1) is 42.6. The molecule has 0 spiro atoms. The molecule has 328 valence electrons. The van der Waals surface area contributed by atoms with E-state index in [1.807, 2.05) is 26.0 Å². The Labute approximate surface area is 352 Å². The molecule has 8 aliphatic carbocycles. The first-order chi connectivity index (χ1) is 28.0. The van der Waals surface area contributed by atoms with Crippen molar-refractivity contribution in [3.05, 3.63) is 47.6 Å². The van der Waals surface area contributed by atoms with Crippen LogP contribution in [0, 0.1) is 57.2 Å². The van der Waals surface area contributed by atoms with Crippen LogP contribution in [-0.2, 0) is 38.1 Å². The summed E-state index contributed by atoms with van der Waals surface area (Å²) in [5.41, 5.74) is -2.24. The van der Waals surface area contributed by atoms with Gasteiger partial charge in [-0.2, -0.15) is 0 Å². The summed E-state index contributed by atoms with van der Waals surface area (Å²) in [6.45, 7) is 14.4. The van der Waals surface area contributed by atoms with Crippen molar-refractivity contribution >= 4 is 23.1 Å². The molecule has 4 N–H and O–H groups in total. The number of aliphatic hydroxyl groups is 4. The standard InChI is InChI=1S/2C24H32O6/c2*1-21(2)29-19-10-16-15-6-5-13-9-14(26)7-8-22(13,3)20(15)17(27)11-23(16,4)24(19,30-21)18(28)12-25/h2*7-9,15-17,19-20,25,27H,5-6,10-12H2,1-4H3/t2*15-,16-,17-,19+,20+,22-,23-,24+/m00/s1. The molecule has 0 radical (unpaired) electrons. The zero-order chi connectivity index (χ0) is 43.4. The highest BCUT2D eigenvalue weighted by Gasteiger charge is 2.78. The second kappa shape index (κ2) is 13.4. The van der Waals surface area contributed by atoms with E-state index in [-0.39, 0.29) is 69.5 Å². The summed E-state index contributed by atoms with van der Waals surface area (Å²) in [4.78, 5) is 50.2. The number of rotatable bonds is 4. The van der Waals surface area contributed by atoms with Crippen LogP contribution >= 0.6 is 0 Å². The molecule has 0 amide bonds. The molecule has 12 nitrogen and oxygen atoms in total. The third kappa shape index (κ3) is 5.43. The van der Waals surface area contributed by atoms with E-state index < -0.39 is 71.2 Å². The third-order valence-electron chi connectivity index (χ3n) is 18.1. The van der Waals surface area contributed by atoms with Gasteiger partial charge >= 0.3 is 0 Å². The molecule has 60 heavy (non-hydrogen) atoms. The van der Waals surface area contributed by atoms with Gasteiger partial charge in [-0.05, 0) is 127 Å². The fourth-order valence-electron chi connectivity index (χ4n) is 16.1. The molecule has 2 heterocycles. The topological polar surface area (TPSA) is 186 Å². The minimum Gasteiger partial charge on any atom is -0.393 e. The van der Waals surface area contributed by atoms with Crippen LogP contribution < -0.4 is 0 Å². The summed E-state index contributed by atoms with van der Waals surface area (Å²) in [6, 6.07) is 0. The zero-order valence-electron chi connectivity index (χ0n) is 36.4. The number of ether oxygens (including phenoxy) is 4. The normalized spacial score (nSPS) is 50.9. The van der Waals surface area contributed by atoms with E-state index >= 15 is 0 Å². The van der Waals surface area contributed by atoms with Gasteiger partial charge in [-0.3, -0.25) is 19.2 Å². The Morgan fingerprint density at radius 2 is 1.00 bits per heavy atom. The molecule has 2 saturated heterocycles. The Morgan fingerprint density at radius 1 is 0.633 bits per heavy atom. The maximum absolute atomic E-state index is 13.2. The van der Waals surface area contributed by atoms with Crippen LogP contribution in [0.5, 0.6) is 0 Å². The van der Waals surface area contributed by atoms with Gasteiger partial charge in [0.1, 0.15) is 13.2 Å². The van der Waals surface area contributed by atoms with Crippen molar-refractivity contribution < 1.29 is 58.6 Å². The number of hydrogen-bond donors (Lipinski definition) is 4. The average Bonchev–Trinajstić information content (AvgIpc) is 3.78. The van der Waals surface area contributed by atoms with Gasteiger partial charge < -0.3 is 39.4 Å². The molecular formula is C48H64O12.